The molecule has 0 aromatic heterocycles. The van der Waals surface area contributed by atoms with E-state index >= 15 is 0 Å². The van der Waals surface area contributed by atoms with Crippen LogP contribution in [0.1, 0.15) is 44.5 Å². The Labute approximate surface area is 187 Å². The fourth-order valence-electron chi connectivity index (χ4n) is 3.53. The lowest BCUT2D eigenvalue weighted by Crippen LogP contribution is -2.66. The molecule has 1 aliphatic rings. The number of rotatable bonds is 8. The molecule has 0 spiro atoms. The number of carbonyl (C=O) groups excluding carboxylic acids is 2. The summed E-state index contributed by atoms with van der Waals surface area (Å²) in [5.41, 5.74) is 3.09. The van der Waals surface area contributed by atoms with E-state index in [1.54, 1.807) is 11.8 Å². The third-order valence-corrected chi connectivity index (χ3v) is 6.04. The van der Waals surface area contributed by atoms with Crippen molar-refractivity contribution in [3.8, 4) is 5.75 Å². The molecule has 1 aromatic rings. The predicted molar refractivity (Wildman–Crippen MR) is 117 cm³/mol. The second-order valence-corrected chi connectivity index (χ2v) is 9.15. The summed E-state index contributed by atoms with van der Waals surface area (Å²) in [5.74, 6) is -1.43. The second-order valence-electron chi connectivity index (χ2n) is 9.15. The molecule has 1 saturated heterocycles. The number of amides is 3. The van der Waals surface area contributed by atoms with Crippen LogP contribution in [0.2, 0.25) is 0 Å². The van der Waals surface area contributed by atoms with Gasteiger partial charge in [-0.05, 0) is 30.9 Å². The Morgan fingerprint density at radius 2 is 1.78 bits per heavy atom. The molecule has 3 amide bonds. The van der Waals surface area contributed by atoms with Gasteiger partial charge in [0.15, 0.2) is 0 Å². The third-order valence-electron chi connectivity index (χ3n) is 6.04. The molecule has 0 aliphatic carbocycles. The molecule has 2 rings (SSSR count). The van der Waals surface area contributed by atoms with Gasteiger partial charge >= 0.3 is 6.09 Å². The lowest BCUT2D eigenvalue weighted by atomic mass is 9.73. The van der Waals surface area contributed by atoms with Crippen LogP contribution in [0.25, 0.3) is 0 Å². The van der Waals surface area contributed by atoms with Gasteiger partial charge < -0.3 is 25.8 Å². The number of primary amides is 1. The third kappa shape index (κ3) is 6.09. The zero-order valence-electron chi connectivity index (χ0n) is 19.1. The first-order valence-electron chi connectivity index (χ1n) is 10.6. The number of hydrogen-bond donors (Lipinski definition) is 3. The van der Waals surface area contributed by atoms with E-state index in [1.807, 2.05) is 20.8 Å². The summed E-state index contributed by atoms with van der Waals surface area (Å²) in [4.78, 5) is 39.4. The van der Waals surface area contributed by atoms with Crippen molar-refractivity contribution in [3.63, 3.8) is 0 Å². The number of carbonyl (C=O) groups is 3. The van der Waals surface area contributed by atoms with Crippen molar-refractivity contribution in [1.29, 1.82) is 0 Å². The van der Waals surface area contributed by atoms with Crippen LogP contribution in [-0.2, 0) is 4.79 Å². The number of halogens is 1. The summed E-state index contributed by atoms with van der Waals surface area (Å²) >= 11 is 0. The highest BCUT2D eigenvalue weighted by Crippen LogP contribution is 2.32. The molecule has 178 valence electrons. The molecule has 0 unspecified atom stereocenters. The van der Waals surface area contributed by atoms with E-state index in [2.05, 4.69) is 10.2 Å². The van der Waals surface area contributed by atoms with Crippen molar-refractivity contribution in [2.75, 3.05) is 39.3 Å². The molecule has 4 N–H and O–H groups in total. The topological polar surface area (TPSA) is 125 Å². The summed E-state index contributed by atoms with van der Waals surface area (Å²) in [5, 5.41) is 11.6. The molecule has 10 heteroatoms. The number of hydrogen-bond acceptors (Lipinski definition) is 5. The normalized spacial score (nSPS) is 16.8. The van der Waals surface area contributed by atoms with E-state index in [0.717, 1.165) is 12.6 Å². The molecule has 1 heterocycles. The zero-order chi connectivity index (χ0) is 24.1. The standard InChI is InChI=1S/C22H33FN4O5/c1-21(2,3)22(4,25-20(30)31)19(29)27-11-9-26(10-12-27)8-5-13-32-15-6-7-16(18(24)28)17(23)14-15/h6-7,14,25H,5,8-13H2,1-4H3,(H2,24,28)(H,30,31)/t22-/m0/s1. The van der Waals surface area contributed by atoms with Gasteiger partial charge in [-0.2, -0.15) is 0 Å². The number of nitrogens with zero attached hydrogens (tertiary/aromatic N) is 2. The van der Waals surface area contributed by atoms with Crippen LogP contribution in [-0.4, -0.2) is 77.7 Å². The Balaban J connectivity index is 1.80. The Hall–Kier alpha value is -2.88. The van der Waals surface area contributed by atoms with Crippen molar-refractivity contribution in [3.05, 3.63) is 29.6 Å². The molecule has 9 nitrogen and oxygen atoms in total. The van der Waals surface area contributed by atoms with Crippen LogP contribution in [0.3, 0.4) is 0 Å². The van der Waals surface area contributed by atoms with Gasteiger partial charge in [-0.15, -0.1) is 0 Å². The van der Waals surface area contributed by atoms with E-state index in [9.17, 15) is 23.9 Å². The Morgan fingerprint density at radius 3 is 2.28 bits per heavy atom. The fraction of sp³-hybridized carbons (Fsp3) is 0.591. The van der Waals surface area contributed by atoms with Gasteiger partial charge in [0.2, 0.25) is 5.91 Å². The summed E-state index contributed by atoms with van der Waals surface area (Å²) in [6.45, 7) is 10.6. The van der Waals surface area contributed by atoms with Crippen LogP contribution in [0, 0.1) is 11.2 Å². The van der Waals surface area contributed by atoms with E-state index in [-0.39, 0.29) is 11.5 Å². The van der Waals surface area contributed by atoms with Crippen molar-refractivity contribution in [1.82, 2.24) is 15.1 Å². The van der Waals surface area contributed by atoms with Crippen molar-refractivity contribution in [2.45, 2.75) is 39.7 Å². The lowest BCUT2D eigenvalue weighted by Gasteiger charge is -2.45. The van der Waals surface area contributed by atoms with Gasteiger partial charge in [0.05, 0.1) is 12.2 Å². The summed E-state index contributed by atoms with van der Waals surface area (Å²) < 4.78 is 19.3. The summed E-state index contributed by atoms with van der Waals surface area (Å²) in [7, 11) is 0. The number of ether oxygens (including phenoxy) is 1. The molecular formula is C22H33FN4O5. The number of piperazine rings is 1. The largest absolute Gasteiger partial charge is 0.493 e. The van der Waals surface area contributed by atoms with E-state index in [1.165, 1.54) is 12.1 Å². The van der Waals surface area contributed by atoms with Crippen LogP contribution in [0.4, 0.5) is 9.18 Å². The van der Waals surface area contributed by atoms with Crippen LogP contribution in [0.5, 0.6) is 5.75 Å². The summed E-state index contributed by atoms with van der Waals surface area (Å²) in [6.07, 6.45) is -0.522. The second kappa shape index (κ2) is 10.2. The SMILES string of the molecule is CC(C)(C)[C@@](C)(NC(=O)O)C(=O)N1CCN(CCCOc2ccc(C(N)=O)c(F)c2)CC1. The minimum Gasteiger partial charge on any atom is -0.493 e. The van der Waals surface area contributed by atoms with Gasteiger partial charge in [0.25, 0.3) is 5.91 Å². The van der Waals surface area contributed by atoms with Gasteiger partial charge in [-0.3, -0.25) is 14.5 Å². The molecule has 1 atom stereocenters. The first-order valence-corrected chi connectivity index (χ1v) is 10.6. The maximum atomic E-state index is 13.8. The Morgan fingerprint density at radius 1 is 1.16 bits per heavy atom. The number of benzene rings is 1. The van der Waals surface area contributed by atoms with Crippen LogP contribution >= 0.6 is 0 Å². The molecule has 1 aliphatic heterocycles. The molecule has 0 radical (unpaired) electrons. The lowest BCUT2D eigenvalue weighted by molar-refractivity contribution is -0.143. The average Bonchev–Trinajstić information content (AvgIpc) is 2.69. The quantitative estimate of drug-likeness (QED) is 0.518. The Bertz CT molecular complexity index is 849. The fourth-order valence-corrected chi connectivity index (χ4v) is 3.53. The number of nitrogens with two attached hydrogens (primary N) is 1. The molecule has 32 heavy (non-hydrogen) atoms. The highest BCUT2D eigenvalue weighted by Gasteiger charge is 2.48. The van der Waals surface area contributed by atoms with Crippen molar-refractivity contribution >= 4 is 17.9 Å². The number of nitrogens with one attached hydrogen (secondary N) is 1. The first-order chi connectivity index (χ1) is 14.8. The van der Waals surface area contributed by atoms with Crippen LogP contribution in [0.15, 0.2) is 18.2 Å². The monoisotopic (exact) mass is 452 g/mol. The van der Waals surface area contributed by atoms with Gasteiger partial charge in [-0.1, -0.05) is 20.8 Å². The highest BCUT2D eigenvalue weighted by atomic mass is 19.1. The molecule has 1 fully saturated rings. The zero-order valence-corrected chi connectivity index (χ0v) is 19.1. The van der Waals surface area contributed by atoms with Crippen LogP contribution < -0.4 is 15.8 Å². The van der Waals surface area contributed by atoms with E-state index < -0.39 is 28.8 Å². The van der Waals surface area contributed by atoms with E-state index in [4.69, 9.17) is 10.5 Å². The van der Waals surface area contributed by atoms with Gasteiger partial charge in [-0.25, -0.2) is 9.18 Å². The van der Waals surface area contributed by atoms with Crippen molar-refractivity contribution < 1.29 is 28.6 Å². The minimum atomic E-state index is -1.23. The average molecular weight is 453 g/mol. The first kappa shape index (κ1) is 25.4. The summed E-state index contributed by atoms with van der Waals surface area (Å²) in [6, 6.07) is 3.95. The molecular weight excluding hydrogens is 419 g/mol. The van der Waals surface area contributed by atoms with Gasteiger partial charge in [0.1, 0.15) is 17.1 Å². The maximum Gasteiger partial charge on any atom is 0.405 e. The van der Waals surface area contributed by atoms with Crippen molar-refractivity contribution in [2.24, 2.45) is 11.1 Å². The molecule has 0 saturated carbocycles. The smallest absolute Gasteiger partial charge is 0.405 e. The molecule has 0 bridgehead atoms. The Kier molecular flexibility index (Phi) is 8.06. The van der Waals surface area contributed by atoms with E-state index in [0.29, 0.717) is 45.0 Å². The highest BCUT2D eigenvalue weighted by molar-refractivity contribution is 5.93. The molecule has 1 aromatic carbocycles. The number of carboxylic acid groups (broad SMARTS) is 1. The predicted octanol–water partition coefficient (Wildman–Crippen LogP) is 1.91. The van der Waals surface area contributed by atoms with Gasteiger partial charge in [0, 0.05) is 38.8 Å². The minimum absolute atomic E-state index is 0.175. The maximum absolute atomic E-state index is 13.8.